The van der Waals surface area contributed by atoms with E-state index >= 15 is 0 Å². The van der Waals surface area contributed by atoms with Gasteiger partial charge in [-0.05, 0) is 49.4 Å². The van der Waals surface area contributed by atoms with Gasteiger partial charge in [-0.1, -0.05) is 18.2 Å². The van der Waals surface area contributed by atoms with Gasteiger partial charge in [0.05, 0.1) is 34.0 Å². The van der Waals surface area contributed by atoms with Crippen molar-refractivity contribution in [1.29, 1.82) is 0 Å². The number of amides is 1. The number of carbonyl (C=O) groups is 1. The van der Waals surface area contributed by atoms with Crippen molar-refractivity contribution in [3.63, 3.8) is 0 Å². The van der Waals surface area contributed by atoms with Gasteiger partial charge < -0.3 is 9.32 Å². The molecular weight excluding hydrogens is 434 g/mol. The molecule has 2 aromatic carbocycles. The van der Waals surface area contributed by atoms with Crippen molar-refractivity contribution in [2.45, 2.75) is 24.4 Å². The molecule has 1 amide bonds. The Morgan fingerprint density at radius 3 is 2.71 bits per heavy atom. The number of hydrogen-bond acceptors (Lipinski definition) is 6. The SMILES string of the molecule is C[C@H](c1nc2ccccc2s1)N(C)C(=O)c1cccc(S(=O)(=O)NCc2ccco2)c1. The highest BCUT2D eigenvalue weighted by Gasteiger charge is 2.23. The molecule has 9 heteroatoms. The van der Waals surface area contributed by atoms with Crippen LogP contribution in [0.3, 0.4) is 0 Å². The van der Waals surface area contributed by atoms with Crippen LogP contribution in [-0.2, 0) is 16.6 Å². The number of aromatic nitrogens is 1. The van der Waals surface area contributed by atoms with E-state index in [9.17, 15) is 13.2 Å². The van der Waals surface area contributed by atoms with Crippen molar-refractivity contribution >= 4 is 37.5 Å². The van der Waals surface area contributed by atoms with Crippen molar-refractivity contribution < 1.29 is 17.6 Å². The fourth-order valence-electron chi connectivity index (χ4n) is 3.07. The fourth-order valence-corrected chi connectivity index (χ4v) is 5.17. The number of thiazole rings is 1. The maximum atomic E-state index is 13.1. The predicted octanol–water partition coefficient (Wildman–Crippen LogP) is 4.20. The van der Waals surface area contributed by atoms with Gasteiger partial charge in [0.25, 0.3) is 5.91 Å². The molecule has 0 aliphatic heterocycles. The topological polar surface area (TPSA) is 92.5 Å². The van der Waals surface area contributed by atoms with E-state index in [-0.39, 0.29) is 29.0 Å². The fraction of sp³-hybridized carbons (Fsp3) is 0.182. The van der Waals surface area contributed by atoms with Crippen molar-refractivity contribution in [2.24, 2.45) is 0 Å². The van der Waals surface area contributed by atoms with Gasteiger partial charge in [0.15, 0.2) is 0 Å². The van der Waals surface area contributed by atoms with E-state index in [2.05, 4.69) is 9.71 Å². The molecule has 0 bridgehead atoms. The van der Waals surface area contributed by atoms with Gasteiger partial charge in [-0.15, -0.1) is 11.3 Å². The van der Waals surface area contributed by atoms with E-state index in [1.807, 2.05) is 31.2 Å². The minimum Gasteiger partial charge on any atom is -0.468 e. The molecule has 1 atom stereocenters. The molecule has 0 fully saturated rings. The Kier molecular flexibility index (Phi) is 5.90. The van der Waals surface area contributed by atoms with Crippen molar-refractivity contribution in [1.82, 2.24) is 14.6 Å². The van der Waals surface area contributed by atoms with Crippen LogP contribution in [0.1, 0.15) is 34.1 Å². The Balaban J connectivity index is 1.52. The third-order valence-electron chi connectivity index (χ3n) is 4.98. The van der Waals surface area contributed by atoms with E-state index in [4.69, 9.17) is 4.42 Å². The zero-order chi connectivity index (χ0) is 22.0. The van der Waals surface area contributed by atoms with E-state index in [0.29, 0.717) is 5.76 Å². The molecule has 0 aliphatic carbocycles. The van der Waals surface area contributed by atoms with Gasteiger partial charge in [-0.3, -0.25) is 4.79 Å². The Hall–Kier alpha value is -3.01. The Morgan fingerprint density at radius 1 is 1.16 bits per heavy atom. The summed E-state index contributed by atoms with van der Waals surface area (Å²) in [6, 6.07) is 16.9. The third kappa shape index (κ3) is 4.53. The normalized spacial score (nSPS) is 12.7. The first kappa shape index (κ1) is 21.2. The summed E-state index contributed by atoms with van der Waals surface area (Å²) in [7, 11) is -2.11. The van der Waals surface area contributed by atoms with Crippen molar-refractivity contribution in [2.75, 3.05) is 7.05 Å². The number of carbonyl (C=O) groups excluding carboxylic acids is 1. The van der Waals surface area contributed by atoms with Crippen LogP contribution in [0.25, 0.3) is 10.2 Å². The quantitative estimate of drug-likeness (QED) is 0.451. The maximum absolute atomic E-state index is 13.1. The third-order valence-corrected chi connectivity index (χ3v) is 7.58. The molecule has 2 aromatic heterocycles. The zero-order valence-corrected chi connectivity index (χ0v) is 18.6. The number of fused-ring (bicyclic) bond motifs is 1. The average Bonchev–Trinajstić information content (AvgIpc) is 3.46. The Bertz CT molecular complexity index is 1280. The van der Waals surface area contributed by atoms with E-state index in [1.54, 1.807) is 36.2 Å². The van der Waals surface area contributed by atoms with Crippen molar-refractivity contribution in [3.8, 4) is 0 Å². The number of nitrogens with zero attached hydrogens (tertiary/aromatic N) is 2. The number of benzene rings is 2. The number of rotatable bonds is 7. The number of para-hydroxylation sites is 1. The highest BCUT2D eigenvalue weighted by molar-refractivity contribution is 7.89. The molecule has 0 aliphatic rings. The molecule has 160 valence electrons. The average molecular weight is 456 g/mol. The molecule has 7 nitrogen and oxygen atoms in total. The molecule has 0 saturated heterocycles. The van der Waals surface area contributed by atoms with Crippen LogP contribution in [0.2, 0.25) is 0 Å². The molecule has 4 aromatic rings. The highest BCUT2D eigenvalue weighted by atomic mass is 32.2. The molecule has 0 unspecified atom stereocenters. The van der Waals surface area contributed by atoms with Crippen LogP contribution in [-0.4, -0.2) is 31.3 Å². The first-order valence-corrected chi connectivity index (χ1v) is 11.9. The molecule has 0 radical (unpaired) electrons. The van der Waals surface area contributed by atoms with Gasteiger partial charge in [0.2, 0.25) is 10.0 Å². The summed E-state index contributed by atoms with van der Waals surface area (Å²) in [5, 5.41) is 0.820. The molecule has 0 spiro atoms. The number of sulfonamides is 1. The number of furan rings is 1. The van der Waals surface area contributed by atoms with Crippen LogP contribution in [0.4, 0.5) is 0 Å². The summed E-state index contributed by atoms with van der Waals surface area (Å²) in [5.41, 5.74) is 1.18. The zero-order valence-electron chi connectivity index (χ0n) is 17.0. The van der Waals surface area contributed by atoms with Crippen LogP contribution in [0, 0.1) is 0 Å². The first-order valence-electron chi connectivity index (χ1n) is 9.60. The summed E-state index contributed by atoms with van der Waals surface area (Å²) in [6.07, 6.45) is 1.48. The minimum absolute atomic E-state index is 0.0194. The Labute approximate surface area is 184 Å². The predicted molar refractivity (Wildman–Crippen MR) is 119 cm³/mol. The van der Waals surface area contributed by atoms with Crippen LogP contribution >= 0.6 is 11.3 Å². The molecule has 2 heterocycles. The van der Waals surface area contributed by atoms with Gasteiger partial charge in [-0.25, -0.2) is 18.1 Å². The lowest BCUT2D eigenvalue weighted by molar-refractivity contribution is 0.0742. The largest absolute Gasteiger partial charge is 0.468 e. The maximum Gasteiger partial charge on any atom is 0.254 e. The molecule has 4 rings (SSSR count). The standard InChI is InChI=1S/C22H21N3O4S2/c1-15(21-24-19-10-3-4-11-20(19)30-21)25(2)22(26)16-7-5-9-18(13-16)31(27,28)23-14-17-8-6-12-29-17/h3-13,15,23H,14H2,1-2H3/t15-/m1/s1. The summed E-state index contributed by atoms with van der Waals surface area (Å²) >= 11 is 1.54. The van der Waals surface area contributed by atoms with Crippen LogP contribution in [0.5, 0.6) is 0 Å². The lowest BCUT2D eigenvalue weighted by Gasteiger charge is -2.23. The summed E-state index contributed by atoms with van der Waals surface area (Å²) in [5.74, 6) is 0.218. The monoisotopic (exact) mass is 455 g/mol. The smallest absolute Gasteiger partial charge is 0.254 e. The first-order chi connectivity index (χ1) is 14.8. The molecule has 1 N–H and O–H groups in total. The minimum atomic E-state index is -3.80. The second-order valence-electron chi connectivity index (χ2n) is 7.04. The summed E-state index contributed by atoms with van der Waals surface area (Å²) in [4.78, 5) is 19.3. The molecule has 31 heavy (non-hydrogen) atoms. The van der Waals surface area contributed by atoms with Gasteiger partial charge in [0.1, 0.15) is 10.8 Å². The van der Waals surface area contributed by atoms with E-state index in [0.717, 1.165) is 15.2 Å². The van der Waals surface area contributed by atoms with E-state index < -0.39 is 10.0 Å². The second kappa shape index (κ2) is 8.62. The second-order valence-corrected chi connectivity index (χ2v) is 9.87. The number of nitrogens with one attached hydrogen (secondary N) is 1. The summed E-state index contributed by atoms with van der Waals surface area (Å²) in [6.45, 7) is 1.93. The molecular formula is C22H21N3O4S2. The van der Waals surface area contributed by atoms with Crippen LogP contribution < -0.4 is 4.72 Å². The van der Waals surface area contributed by atoms with Gasteiger partial charge >= 0.3 is 0 Å². The lowest BCUT2D eigenvalue weighted by atomic mass is 10.2. The van der Waals surface area contributed by atoms with Gasteiger partial charge in [0, 0.05) is 12.6 Å². The summed E-state index contributed by atoms with van der Waals surface area (Å²) < 4.78 is 34.0. The van der Waals surface area contributed by atoms with Gasteiger partial charge in [-0.2, -0.15) is 0 Å². The van der Waals surface area contributed by atoms with E-state index in [1.165, 1.54) is 29.7 Å². The number of hydrogen-bond donors (Lipinski definition) is 1. The Morgan fingerprint density at radius 2 is 1.97 bits per heavy atom. The lowest BCUT2D eigenvalue weighted by Crippen LogP contribution is -2.30. The van der Waals surface area contributed by atoms with Crippen molar-refractivity contribution in [3.05, 3.63) is 83.3 Å². The highest BCUT2D eigenvalue weighted by Crippen LogP contribution is 2.29. The van der Waals surface area contributed by atoms with Crippen LogP contribution in [0.15, 0.2) is 76.2 Å². The molecule has 0 saturated carbocycles.